The maximum atomic E-state index is 5.39. The van der Waals surface area contributed by atoms with Gasteiger partial charge in [-0.05, 0) is 13.8 Å². The minimum Gasteiger partial charge on any atom is -0.467 e. The van der Waals surface area contributed by atoms with Gasteiger partial charge in [-0.25, -0.2) is 0 Å². The Kier molecular flexibility index (Phi) is 22.2. The van der Waals surface area contributed by atoms with Crippen molar-refractivity contribution in [3.05, 3.63) is 49.4 Å². The summed E-state index contributed by atoms with van der Waals surface area (Å²) in [5, 5.41) is 0. The van der Waals surface area contributed by atoms with Crippen molar-refractivity contribution < 1.29 is 28.4 Å². The summed E-state index contributed by atoms with van der Waals surface area (Å²) in [6.07, 6.45) is 2.81. The topological polar surface area (TPSA) is 55.4 Å². The Hall–Kier alpha value is -1.60. The Balaban J connectivity index is 0. The third-order valence-electron chi connectivity index (χ3n) is 3.21. The Bertz CT molecular complexity index is 393. The van der Waals surface area contributed by atoms with E-state index in [4.69, 9.17) is 28.4 Å². The molecule has 0 aliphatic heterocycles. The average molecular weight is 401 g/mol. The van der Waals surface area contributed by atoms with Crippen LogP contribution in [0.1, 0.15) is 39.5 Å². The zero-order valence-electron chi connectivity index (χ0n) is 18.3. The fraction of sp³-hybridized carbons (Fsp3) is 0.636. The van der Waals surface area contributed by atoms with Crippen molar-refractivity contribution in [3.8, 4) is 0 Å². The van der Waals surface area contributed by atoms with E-state index < -0.39 is 0 Å². The number of hydrogen-bond donors (Lipinski definition) is 0. The van der Waals surface area contributed by atoms with E-state index in [2.05, 4.69) is 26.3 Å². The van der Waals surface area contributed by atoms with Crippen LogP contribution in [0.15, 0.2) is 49.4 Å². The first-order valence-corrected chi connectivity index (χ1v) is 9.61. The van der Waals surface area contributed by atoms with Gasteiger partial charge in [0.15, 0.2) is 0 Å². The Morgan fingerprint density at radius 2 is 0.821 bits per heavy atom. The molecule has 164 valence electrons. The molecule has 6 nitrogen and oxygen atoms in total. The minimum atomic E-state index is 0.621. The van der Waals surface area contributed by atoms with Crippen molar-refractivity contribution in [2.45, 2.75) is 39.5 Å². The molecule has 0 radical (unpaired) electrons. The van der Waals surface area contributed by atoms with E-state index in [1.165, 1.54) is 0 Å². The van der Waals surface area contributed by atoms with Crippen molar-refractivity contribution in [1.29, 1.82) is 0 Å². The lowest BCUT2D eigenvalue weighted by atomic mass is 10.3. The van der Waals surface area contributed by atoms with Crippen LogP contribution in [0.4, 0.5) is 0 Å². The maximum absolute atomic E-state index is 5.39. The molecule has 0 bridgehead atoms. The second-order valence-electron chi connectivity index (χ2n) is 5.74. The molecule has 0 aromatic rings. The SMILES string of the molecule is C=C(CCOC)OC(=C)CCOC.C=C(CCOCC)OC(=C)CCOCC. The fourth-order valence-electron chi connectivity index (χ4n) is 1.70. The number of methoxy groups -OCH3 is 2. The number of hydrogen-bond acceptors (Lipinski definition) is 6. The van der Waals surface area contributed by atoms with Crippen LogP contribution in [0.25, 0.3) is 0 Å². The van der Waals surface area contributed by atoms with E-state index in [0.29, 0.717) is 75.1 Å². The molecule has 0 amide bonds. The van der Waals surface area contributed by atoms with Gasteiger partial charge in [0.05, 0.1) is 49.5 Å². The highest BCUT2D eigenvalue weighted by molar-refractivity contribution is 4.93. The molecule has 0 aliphatic carbocycles. The predicted octanol–water partition coefficient (Wildman–Crippen LogP) is 4.99. The smallest absolute Gasteiger partial charge is 0.0987 e. The largest absolute Gasteiger partial charge is 0.467 e. The molecule has 6 heteroatoms. The first-order chi connectivity index (χ1) is 13.4. The highest BCUT2D eigenvalue weighted by Gasteiger charge is 2.00. The molecule has 0 spiro atoms. The fourth-order valence-corrected chi connectivity index (χ4v) is 1.70. The van der Waals surface area contributed by atoms with Gasteiger partial charge >= 0.3 is 0 Å². The van der Waals surface area contributed by atoms with Gasteiger partial charge in [0.2, 0.25) is 0 Å². The molecule has 0 N–H and O–H groups in total. The van der Waals surface area contributed by atoms with Crippen LogP contribution >= 0.6 is 0 Å². The third-order valence-corrected chi connectivity index (χ3v) is 3.21. The first kappa shape index (κ1) is 28.6. The molecule has 0 aromatic carbocycles. The zero-order chi connectivity index (χ0) is 21.6. The summed E-state index contributed by atoms with van der Waals surface area (Å²) >= 11 is 0. The van der Waals surface area contributed by atoms with E-state index >= 15 is 0 Å². The summed E-state index contributed by atoms with van der Waals surface area (Å²) < 4.78 is 30.8. The quantitative estimate of drug-likeness (QED) is 0.239. The van der Waals surface area contributed by atoms with E-state index in [0.717, 1.165) is 13.2 Å². The van der Waals surface area contributed by atoms with Crippen LogP contribution in [0.3, 0.4) is 0 Å². The summed E-state index contributed by atoms with van der Waals surface area (Å²) in [5.41, 5.74) is 0. The van der Waals surface area contributed by atoms with Gasteiger partial charge < -0.3 is 28.4 Å². The molecule has 0 saturated carbocycles. The summed E-state index contributed by atoms with van der Waals surface area (Å²) in [6, 6.07) is 0. The van der Waals surface area contributed by atoms with E-state index in [9.17, 15) is 0 Å². The van der Waals surface area contributed by atoms with Gasteiger partial charge in [0.25, 0.3) is 0 Å². The Morgan fingerprint density at radius 1 is 0.536 bits per heavy atom. The van der Waals surface area contributed by atoms with E-state index in [-0.39, 0.29) is 0 Å². The third kappa shape index (κ3) is 22.4. The highest BCUT2D eigenvalue weighted by atomic mass is 16.5. The van der Waals surface area contributed by atoms with Gasteiger partial charge in [0.1, 0.15) is 0 Å². The van der Waals surface area contributed by atoms with Crippen LogP contribution in [0.5, 0.6) is 0 Å². The summed E-state index contributed by atoms with van der Waals surface area (Å²) in [5.74, 6) is 2.76. The van der Waals surface area contributed by atoms with Gasteiger partial charge in [-0.15, -0.1) is 0 Å². The second kappa shape index (κ2) is 21.7. The van der Waals surface area contributed by atoms with Crippen LogP contribution in [-0.2, 0) is 28.4 Å². The van der Waals surface area contributed by atoms with E-state index in [1.807, 2.05) is 13.8 Å². The van der Waals surface area contributed by atoms with Gasteiger partial charge in [-0.1, -0.05) is 26.3 Å². The van der Waals surface area contributed by atoms with Crippen molar-refractivity contribution in [1.82, 2.24) is 0 Å². The zero-order valence-corrected chi connectivity index (χ0v) is 18.3. The van der Waals surface area contributed by atoms with Crippen molar-refractivity contribution in [2.24, 2.45) is 0 Å². The number of ether oxygens (including phenoxy) is 6. The Labute approximate surface area is 171 Å². The lowest BCUT2D eigenvalue weighted by Gasteiger charge is -2.11. The van der Waals surface area contributed by atoms with Crippen molar-refractivity contribution in [3.63, 3.8) is 0 Å². The van der Waals surface area contributed by atoms with Crippen LogP contribution < -0.4 is 0 Å². The van der Waals surface area contributed by atoms with Crippen LogP contribution in [-0.4, -0.2) is 53.9 Å². The van der Waals surface area contributed by atoms with Gasteiger partial charge in [-0.3, -0.25) is 0 Å². The average Bonchev–Trinajstić information content (AvgIpc) is 2.65. The first-order valence-electron chi connectivity index (χ1n) is 9.61. The molecule has 0 fully saturated rings. The molecule has 0 aliphatic rings. The normalized spacial score (nSPS) is 9.86. The van der Waals surface area contributed by atoms with Crippen LogP contribution in [0.2, 0.25) is 0 Å². The van der Waals surface area contributed by atoms with Gasteiger partial charge in [-0.2, -0.15) is 0 Å². The lowest BCUT2D eigenvalue weighted by molar-refractivity contribution is 0.125. The molecule has 28 heavy (non-hydrogen) atoms. The standard InChI is InChI=1S/C12H22O3.C10H18O3/c1-5-13-9-7-11(3)15-12(4)8-10-14-6-2;1-9(5-7-11-3)13-10(2)6-8-12-4/h3-10H2,1-2H3;1-2,5-8H2,3-4H3. The molecular weight excluding hydrogens is 360 g/mol. The lowest BCUT2D eigenvalue weighted by Crippen LogP contribution is -2.01. The van der Waals surface area contributed by atoms with Crippen molar-refractivity contribution in [2.75, 3.05) is 53.9 Å². The second-order valence-corrected chi connectivity index (χ2v) is 5.74. The van der Waals surface area contributed by atoms with E-state index in [1.54, 1.807) is 14.2 Å². The summed E-state index contributed by atoms with van der Waals surface area (Å²) in [4.78, 5) is 0. The molecule has 0 heterocycles. The molecule has 0 unspecified atom stereocenters. The molecule has 0 rings (SSSR count). The predicted molar refractivity (Wildman–Crippen MR) is 114 cm³/mol. The Morgan fingerprint density at radius 3 is 1.07 bits per heavy atom. The molecule has 0 atom stereocenters. The number of rotatable bonds is 18. The monoisotopic (exact) mass is 400 g/mol. The maximum Gasteiger partial charge on any atom is 0.0987 e. The summed E-state index contributed by atoms with van der Waals surface area (Å²) in [7, 11) is 3.29. The minimum absolute atomic E-state index is 0.621. The van der Waals surface area contributed by atoms with Crippen LogP contribution in [0, 0.1) is 0 Å². The highest BCUT2D eigenvalue weighted by Crippen LogP contribution is 2.10. The molecule has 0 aromatic heterocycles. The molecule has 0 saturated heterocycles. The molecular formula is C22H40O6. The van der Waals surface area contributed by atoms with Gasteiger partial charge in [0, 0.05) is 53.1 Å². The van der Waals surface area contributed by atoms with Crippen molar-refractivity contribution >= 4 is 0 Å². The summed E-state index contributed by atoms with van der Waals surface area (Å²) in [6.45, 7) is 23.0.